The number of benzene rings is 1. The Hall–Kier alpha value is -1.73. The van der Waals surface area contributed by atoms with Crippen LogP contribution in [-0.4, -0.2) is 12.6 Å². The van der Waals surface area contributed by atoms with E-state index in [0.29, 0.717) is 6.42 Å². The molecule has 0 radical (unpaired) electrons. The third kappa shape index (κ3) is 4.92. The second-order valence-electron chi connectivity index (χ2n) is 5.07. The average Bonchev–Trinajstić information content (AvgIpc) is 2.35. The van der Waals surface area contributed by atoms with Crippen LogP contribution >= 0.6 is 0 Å². The maximum absolute atomic E-state index is 12.8. The molecule has 124 valence electrons. The van der Waals surface area contributed by atoms with E-state index in [1.165, 1.54) is 0 Å². The molecule has 0 atom stereocenters. The van der Waals surface area contributed by atoms with Gasteiger partial charge in [0.1, 0.15) is 0 Å². The van der Waals surface area contributed by atoms with Crippen molar-refractivity contribution < 1.29 is 35.9 Å². The fraction of sp³-hybridized carbons (Fsp3) is 0.500. The van der Waals surface area contributed by atoms with Gasteiger partial charge in [-0.25, -0.2) is 4.79 Å². The Morgan fingerprint density at radius 3 is 2.14 bits per heavy atom. The Balaban J connectivity index is 3.14. The maximum atomic E-state index is 12.8. The van der Waals surface area contributed by atoms with Gasteiger partial charge in [-0.2, -0.15) is 26.3 Å². The lowest BCUT2D eigenvalue weighted by Crippen LogP contribution is -2.18. The fourth-order valence-electron chi connectivity index (χ4n) is 1.60. The zero-order valence-electron chi connectivity index (χ0n) is 11.8. The van der Waals surface area contributed by atoms with E-state index in [1.807, 2.05) is 0 Å². The van der Waals surface area contributed by atoms with Gasteiger partial charge < -0.3 is 4.74 Å². The highest BCUT2D eigenvalue weighted by Crippen LogP contribution is 2.36. The lowest BCUT2D eigenvalue weighted by Gasteiger charge is -2.15. The summed E-state index contributed by atoms with van der Waals surface area (Å²) in [5.41, 5.74) is -3.92. The van der Waals surface area contributed by atoms with Gasteiger partial charge in [-0.05, 0) is 30.5 Å². The number of carbonyl (C=O) groups is 1. The van der Waals surface area contributed by atoms with Gasteiger partial charge in [-0.15, -0.1) is 0 Å². The van der Waals surface area contributed by atoms with Gasteiger partial charge in [-0.3, -0.25) is 0 Å². The van der Waals surface area contributed by atoms with E-state index < -0.39 is 35.0 Å². The SMILES string of the molecule is CC(C)CCOC(=O)c1cc(C(F)(F)F)ccc1C(F)(F)F. The molecule has 0 saturated heterocycles. The van der Waals surface area contributed by atoms with Crippen molar-refractivity contribution in [3.05, 3.63) is 34.9 Å². The van der Waals surface area contributed by atoms with Crippen LogP contribution in [0.2, 0.25) is 0 Å². The first kappa shape index (κ1) is 18.3. The zero-order valence-corrected chi connectivity index (χ0v) is 11.8. The molecular weight excluding hydrogens is 314 g/mol. The molecule has 0 aliphatic heterocycles. The number of halogens is 6. The molecule has 0 aliphatic carbocycles. The van der Waals surface area contributed by atoms with E-state index in [0.717, 1.165) is 0 Å². The van der Waals surface area contributed by atoms with Crippen molar-refractivity contribution in [2.75, 3.05) is 6.61 Å². The third-order valence-electron chi connectivity index (χ3n) is 2.80. The molecule has 0 aromatic heterocycles. The zero-order chi connectivity index (χ0) is 17.1. The van der Waals surface area contributed by atoms with Crippen LogP contribution in [0, 0.1) is 5.92 Å². The molecule has 22 heavy (non-hydrogen) atoms. The largest absolute Gasteiger partial charge is 0.462 e. The maximum Gasteiger partial charge on any atom is 0.417 e. The molecule has 0 N–H and O–H groups in total. The number of carbonyl (C=O) groups excluding carboxylic acids is 1. The van der Waals surface area contributed by atoms with Gasteiger partial charge in [0, 0.05) is 0 Å². The summed E-state index contributed by atoms with van der Waals surface area (Å²) < 4.78 is 80.8. The molecule has 0 heterocycles. The molecule has 1 aromatic carbocycles. The molecule has 0 amide bonds. The Bertz CT molecular complexity index is 531. The molecule has 0 bridgehead atoms. The van der Waals surface area contributed by atoms with Gasteiger partial charge in [0.2, 0.25) is 0 Å². The molecule has 0 unspecified atom stereocenters. The van der Waals surface area contributed by atoms with Crippen molar-refractivity contribution in [3.8, 4) is 0 Å². The van der Waals surface area contributed by atoms with Gasteiger partial charge in [0.05, 0.1) is 23.3 Å². The van der Waals surface area contributed by atoms with Crippen molar-refractivity contribution in [2.24, 2.45) is 5.92 Å². The molecule has 0 spiro atoms. The van der Waals surface area contributed by atoms with Crippen molar-refractivity contribution in [1.82, 2.24) is 0 Å². The van der Waals surface area contributed by atoms with Crippen molar-refractivity contribution >= 4 is 5.97 Å². The smallest absolute Gasteiger partial charge is 0.417 e. The van der Waals surface area contributed by atoms with Crippen LogP contribution < -0.4 is 0 Å². The third-order valence-corrected chi connectivity index (χ3v) is 2.80. The molecule has 1 rings (SSSR count). The molecule has 0 fully saturated rings. The van der Waals surface area contributed by atoms with Crippen LogP contribution in [0.1, 0.15) is 41.8 Å². The summed E-state index contributed by atoms with van der Waals surface area (Å²) in [6, 6.07) is 0.691. The van der Waals surface area contributed by atoms with Crippen LogP contribution in [0.5, 0.6) is 0 Å². The van der Waals surface area contributed by atoms with Gasteiger partial charge in [0.15, 0.2) is 0 Å². The van der Waals surface area contributed by atoms with Gasteiger partial charge in [-0.1, -0.05) is 13.8 Å². The lowest BCUT2D eigenvalue weighted by atomic mass is 10.0. The minimum Gasteiger partial charge on any atom is -0.462 e. The predicted octanol–water partition coefficient (Wildman–Crippen LogP) is 4.93. The summed E-state index contributed by atoms with van der Waals surface area (Å²) in [4.78, 5) is 11.7. The molecule has 0 aliphatic rings. The highest BCUT2D eigenvalue weighted by molar-refractivity contribution is 5.91. The number of ether oxygens (including phenoxy) is 1. The Morgan fingerprint density at radius 2 is 1.68 bits per heavy atom. The summed E-state index contributed by atoms with van der Waals surface area (Å²) in [6.45, 7) is 3.45. The summed E-state index contributed by atoms with van der Waals surface area (Å²) in [5.74, 6) is -1.28. The number of rotatable bonds is 4. The summed E-state index contributed by atoms with van der Waals surface area (Å²) in [6.07, 6.45) is -9.40. The van der Waals surface area contributed by atoms with E-state index in [-0.39, 0.29) is 30.7 Å². The molecule has 8 heteroatoms. The van der Waals surface area contributed by atoms with E-state index in [9.17, 15) is 31.1 Å². The average molecular weight is 328 g/mol. The lowest BCUT2D eigenvalue weighted by molar-refractivity contribution is -0.141. The first-order valence-electron chi connectivity index (χ1n) is 6.38. The van der Waals surface area contributed by atoms with Crippen LogP contribution in [0.3, 0.4) is 0 Å². The molecular formula is C14H14F6O2. The first-order chi connectivity index (χ1) is 9.93. The van der Waals surface area contributed by atoms with Crippen LogP contribution in [0.25, 0.3) is 0 Å². The van der Waals surface area contributed by atoms with Gasteiger partial charge >= 0.3 is 18.3 Å². The van der Waals surface area contributed by atoms with E-state index in [4.69, 9.17) is 0 Å². The van der Waals surface area contributed by atoms with Gasteiger partial charge in [0.25, 0.3) is 0 Å². The van der Waals surface area contributed by atoms with E-state index >= 15 is 0 Å². The quantitative estimate of drug-likeness (QED) is 0.579. The number of esters is 1. The standard InChI is InChI=1S/C14H14F6O2/c1-8(2)5-6-22-12(21)10-7-9(13(15,16)17)3-4-11(10)14(18,19)20/h3-4,7-8H,5-6H2,1-2H3. The Kier molecular flexibility index (Phi) is 5.48. The van der Waals surface area contributed by atoms with Crippen LogP contribution in [0.4, 0.5) is 26.3 Å². The molecule has 2 nitrogen and oxygen atoms in total. The Morgan fingerprint density at radius 1 is 1.09 bits per heavy atom. The highest BCUT2D eigenvalue weighted by Gasteiger charge is 2.39. The second-order valence-corrected chi connectivity index (χ2v) is 5.07. The first-order valence-corrected chi connectivity index (χ1v) is 6.38. The highest BCUT2D eigenvalue weighted by atomic mass is 19.4. The monoisotopic (exact) mass is 328 g/mol. The number of alkyl halides is 6. The summed E-state index contributed by atoms with van der Waals surface area (Å²) in [7, 11) is 0. The molecule has 1 aromatic rings. The van der Waals surface area contributed by atoms with Crippen molar-refractivity contribution in [2.45, 2.75) is 32.6 Å². The van der Waals surface area contributed by atoms with E-state index in [1.54, 1.807) is 13.8 Å². The second kappa shape index (κ2) is 6.58. The fourth-order valence-corrected chi connectivity index (χ4v) is 1.60. The number of hydrogen-bond donors (Lipinski definition) is 0. The predicted molar refractivity (Wildman–Crippen MR) is 66.2 cm³/mol. The minimum absolute atomic E-state index is 0.136. The van der Waals surface area contributed by atoms with Crippen molar-refractivity contribution in [1.29, 1.82) is 0 Å². The van der Waals surface area contributed by atoms with Crippen LogP contribution in [-0.2, 0) is 17.1 Å². The van der Waals surface area contributed by atoms with E-state index in [2.05, 4.69) is 4.74 Å². The minimum atomic E-state index is -4.95. The topological polar surface area (TPSA) is 26.3 Å². The Labute approximate surface area is 123 Å². The molecule has 0 saturated carbocycles. The number of hydrogen-bond acceptors (Lipinski definition) is 2. The summed E-state index contributed by atoms with van der Waals surface area (Å²) in [5, 5.41) is 0. The normalized spacial score (nSPS) is 12.6. The van der Waals surface area contributed by atoms with Crippen molar-refractivity contribution in [3.63, 3.8) is 0 Å². The van der Waals surface area contributed by atoms with Crippen LogP contribution in [0.15, 0.2) is 18.2 Å². The summed E-state index contributed by atoms with van der Waals surface area (Å²) >= 11 is 0.